The van der Waals surface area contributed by atoms with Gasteiger partial charge in [0.05, 0.1) is 12.0 Å². The van der Waals surface area contributed by atoms with Gasteiger partial charge in [-0.05, 0) is 49.8 Å². The first kappa shape index (κ1) is 18.0. The van der Waals surface area contributed by atoms with Crippen molar-refractivity contribution < 1.29 is 27.8 Å². The second-order valence-electron chi connectivity index (χ2n) is 5.44. The molecule has 2 rings (SSSR count). The summed E-state index contributed by atoms with van der Waals surface area (Å²) < 4.78 is 45.4. The maximum absolute atomic E-state index is 12.1. The Balaban J connectivity index is 2.00. The lowest BCUT2D eigenvalue weighted by Crippen LogP contribution is -2.17. The summed E-state index contributed by atoms with van der Waals surface area (Å²) in [6.07, 6.45) is 1.45. The zero-order chi connectivity index (χ0) is 17.6. The van der Waals surface area contributed by atoms with E-state index < -0.39 is 11.8 Å². The van der Waals surface area contributed by atoms with Crippen molar-refractivity contribution >= 4 is 0 Å². The summed E-state index contributed by atoms with van der Waals surface area (Å²) in [5.41, 5.74) is 0.197. The van der Waals surface area contributed by atoms with E-state index in [0.717, 1.165) is 0 Å². The van der Waals surface area contributed by atoms with E-state index in [2.05, 4.69) is 16.6 Å². The van der Waals surface area contributed by atoms with E-state index in [9.17, 15) is 18.3 Å². The quantitative estimate of drug-likeness (QED) is 0.793. The molecule has 1 aliphatic carbocycles. The van der Waals surface area contributed by atoms with E-state index in [4.69, 9.17) is 4.74 Å². The number of allylic oxidation sites excluding steroid dienone is 3. The summed E-state index contributed by atoms with van der Waals surface area (Å²) in [7, 11) is 0. The minimum atomic E-state index is -4.70. The SMILES string of the molecule is CC1(C#Cc2ccc(OC(F)(F)F)cc2)C=CC(OCC[O-])=CC1. The molecule has 0 radical (unpaired) electrons. The number of hydrogen-bond donors (Lipinski definition) is 0. The average molecular weight is 337 g/mol. The lowest BCUT2D eigenvalue weighted by molar-refractivity contribution is -0.372. The average Bonchev–Trinajstić information content (AvgIpc) is 2.52. The standard InChI is InChI=1S/C18H16F3O3/c1-17(10-7-15(8-11-17)23-13-12-22)9-6-14-2-4-16(5-3-14)24-18(19,20)21/h2-5,7-8,10H,11-13H2,1H3/q-1. The van der Waals surface area contributed by atoms with Crippen molar-refractivity contribution in [3.63, 3.8) is 0 Å². The fraction of sp³-hybridized carbons (Fsp3) is 0.333. The number of benzene rings is 1. The lowest BCUT2D eigenvalue weighted by atomic mass is 9.84. The van der Waals surface area contributed by atoms with Crippen molar-refractivity contribution in [1.29, 1.82) is 0 Å². The lowest BCUT2D eigenvalue weighted by Gasteiger charge is -2.22. The van der Waals surface area contributed by atoms with Crippen LogP contribution < -0.4 is 9.84 Å². The van der Waals surface area contributed by atoms with Gasteiger partial charge in [-0.1, -0.05) is 17.9 Å². The van der Waals surface area contributed by atoms with Crippen molar-refractivity contribution in [3.8, 4) is 17.6 Å². The van der Waals surface area contributed by atoms with Crippen LogP contribution >= 0.6 is 0 Å². The smallest absolute Gasteiger partial charge is 0.573 e. The summed E-state index contributed by atoms with van der Waals surface area (Å²) in [6, 6.07) is 5.40. The second kappa shape index (κ2) is 7.45. The molecule has 128 valence electrons. The van der Waals surface area contributed by atoms with Gasteiger partial charge in [-0.2, -0.15) is 0 Å². The fourth-order valence-corrected chi connectivity index (χ4v) is 2.03. The summed E-state index contributed by atoms with van der Waals surface area (Å²) in [5.74, 6) is 6.42. The first-order valence-corrected chi connectivity index (χ1v) is 7.29. The molecule has 1 unspecified atom stereocenters. The number of ether oxygens (including phenoxy) is 2. The van der Waals surface area contributed by atoms with Crippen LogP contribution in [0.25, 0.3) is 0 Å². The first-order valence-electron chi connectivity index (χ1n) is 7.29. The van der Waals surface area contributed by atoms with Gasteiger partial charge in [-0.25, -0.2) is 0 Å². The predicted molar refractivity (Wildman–Crippen MR) is 80.8 cm³/mol. The first-order chi connectivity index (χ1) is 11.3. The highest BCUT2D eigenvalue weighted by Gasteiger charge is 2.30. The molecule has 1 atom stereocenters. The molecular weight excluding hydrogens is 321 g/mol. The van der Waals surface area contributed by atoms with Crippen LogP contribution in [-0.2, 0) is 4.74 Å². The van der Waals surface area contributed by atoms with Crippen molar-refractivity contribution in [3.05, 3.63) is 53.8 Å². The third kappa shape index (κ3) is 5.67. The van der Waals surface area contributed by atoms with Crippen molar-refractivity contribution in [2.75, 3.05) is 13.2 Å². The summed E-state index contributed by atoms with van der Waals surface area (Å²) in [4.78, 5) is 0. The molecule has 0 aromatic heterocycles. The fourth-order valence-electron chi connectivity index (χ4n) is 2.03. The Morgan fingerprint density at radius 2 is 1.96 bits per heavy atom. The molecule has 1 aliphatic rings. The van der Waals surface area contributed by atoms with Crippen molar-refractivity contribution in [2.24, 2.45) is 5.41 Å². The highest BCUT2D eigenvalue weighted by molar-refractivity contribution is 5.41. The maximum atomic E-state index is 12.1. The molecular formula is C18H16F3O3-. The minimum absolute atomic E-state index is 0.130. The van der Waals surface area contributed by atoms with E-state index >= 15 is 0 Å². The molecule has 0 aliphatic heterocycles. The van der Waals surface area contributed by atoms with Gasteiger partial charge in [0, 0.05) is 5.56 Å². The molecule has 0 saturated heterocycles. The van der Waals surface area contributed by atoms with E-state index in [1.54, 1.807) is 6.08 Å². The highest BCUT2D eigenvalue weighted by atomic mass is 19.4. The molecule has 1 aromatic carbocycles. The van der Waals surface area contributed by atoms with Gasteiger partial charge in [0.1, 0.15) is 11.5 Å². The van der Waals surface area contributed by atoms with Crippen LogP contribution in [-0.4, -0.2) is 19.6 Å². The minimum Gasteiger partial charge on any atom is -0.852 e. The zero-order valence-corrected chi connectivity index (χ0v) is 13.0. The number of halogens is 3. The normalized spacial score (nSPS) is 20.0. The Morgan fingerprint density at radius 1 is 1.25 bits per heavy atom. The van der Waals surface area contributed by atoms with E-state index in [1.165, 1.54) is 24.3 Å². The molecule has 6 heteroatoms. The molecule has 0 spiro atoms. The van der Waals surface area contributed by atoms with Gasteiger partial charge in [0.25, 0.3) is 0 Å². The van der Waals surface area contributed by atoms with Crippen molar-refractivity contribution in [1.82, 2.24) is 0 Å². The van der Waals surface area contributed by atoms with Crippen LogP contribution in [0.2, 0.25) is 0 Å². The van der Waals surface area contributed by atoms with Crippen LogP contribution in [0.5, 0.6) is 5.75 Å². The third-order valence-electron chi connectivity index (χ3n) is 3.28. The Kier molecular flexibility index (Phi) is 5.58. The molecule has 24 heavy (non-hydrogen) atoms. The molecule has 0 amide bonds. The maximum Gasteiger partial charge on any atom is 0.573 e. The van der Waals surface area contributed by atoms with Gasteiger partial charge in [-0.3, -0.25) is 0 Å². The van der Waals surface area contributed by atoms with Crippen LogP contribution in [0.1, 0.15) is 18.9 Å². The highest BCUT2D eigenvalue weighted by Crippen LogP contribution is 2.29. The van der Waals surface area contributed by atoms with Gasteiger partial charge in [0.15, 0.2) is 0 Å². The topological polar surface area (TPSA) is 41.5 Å². The van der Waals surface area contributed by atoms with Gasteiger partial charge in [0.2, 0.25) is 0 Å². The molecule has 0 heterocycles. The number of alkyl halides is 3. The Morgan fingerprint density at radius 3 is 2.50 bits per heavy atom. The molecule has 0 bridgehead atoms. The molecule has 0 saturated carbocycles. The van der Waals surface area contributed by atoms with Crippen molar-refractivity contribution in [2.45, 2.75) is 19.7 Å². The largest absolute Gasteiger partial charge is 0.852 e. The van der Waals surface area contributed by atoms with E-state index in [0.29, 0.717) is 17.7 Å². The Bertz CT molecular complexity index is 678. The summed E-state index contributed by atoms with van der Waals surface area (Å²) >= 11 is 0. The van der Waals surface area contributed by atoms with Gasteiger partial charge < -0.3 is 14.6 Å². The van der Waals surface area contributed by atoms with E-state index in [1.807, 2.05) is 19.1 Å². The molecule has 3 nitrogen and oxygen atoms in total. The second-order valence-corrected chi connectivity index (χ2v) is 5.44. The number of rotatable bonds is 4. The summed E-state index contributed by atoms with van der Waals surface area (Å²) in [5, 5.41) is 10.4. The number of hydrogen-bond acceptors (Lipinski definition) is 3. The third-order valence-corrected chi connectivity index (χ3v) is 3.28. The van der Waals surface area contributed by atoms with E-state index in [-0.39, 0.29) is 19.0 Å². The predicted octanol–water partition coefficient (Wildman–Crippen LogP) is 3.16. The van der Waals surface area contributed by atoms with Gasteiger partial charge in [-0.15, -0.1) is 19.8 Å². The zero-order valence-electron chi connectivity index (χ0n) is 13.0. The Hall–Kier alpha value is -2.39. The molecule has 0 N–H and O–H groups in total. The van der Waals surface area contributed by atoms with Crippen LogP contribution in [0.15, 0.2) is 48.3 Å². The van der Waals surface area contributed by atoms with Crippen LogP contribution in [0.3, 0.4) is 0 Å². The molecule has 0 fully saturated rings. The van der Waals surface area contributed by atoms with Crippen LogP contribution in [0.4, 0.5) is 13.2 Å². The van der Waals surface area contributed by atoms with Gasteiger partial charge >= 0.3 is 6.36 Å². The monoisotopic (exact) mass is 337 g/mol. The molecule has 1 aromatic rings. The summed E-state index contributed by atoms with van der Waals surface area (Å²) in [6.45, 7) is 1.78. The van der Waals surface area contributed by atoms with Crippen LogP contribution in [0, 0.1) is 17.3 Å². The Labute approximate surface area is 138 Å².